The molecule has 0 fully saturated rings. The molecule has 0 saturated carbocycles. The lowest BCUT2D eigenvalue weighted by Crippen LogP contribution is -2.18. The van der Waals surface area contributed by atoms with Crippen LogP contribution in [0.3, 0.4) is 0 Å². The first-order valence-electron chi connectivity index (χ1n) is 8.84. The standard InChI is InChI=1S/C20H20N4O3S/c1-14-13-16(27-2)7-8-18(14)28(25,26)23-19-9-10-20(22-21-19)24-12-11-15-5-3-4-6-17(15)24/h3-10,13H,11-12H2,1-2H3,(H,21,23). The van der Waals surface area contributed by atoms with E-state index in [1.807, 2.05) is 18.2 Å². The summed E-state index contributed by atoms with van der Waals surface area (Å²) in [6, 6.07) is 16.4. The summed E-state index contributed by atoms with van der Waals surface area (Å²) >= 11 is 0. The molecule has 0 aliphatic carbocycles. The van der Waals surface area contributed by atoms with Crippen LogP contribution in [0.4, 0.5) is 17.3 Å². The number of rotatable bonds is 5. The van der Waals surface area contributed by atoms with E-state index in [2.05, 4.69) is 25.9 Å². The maximum atomic E-state index is 12.7. The van der Waals surface area contributed by atoms with Gasteiger partial charge < -0.3 is 9.64 Å². The van der Waals surface area contributed by atoms with Crippen molar-refractivity contribution in [1.82, 2.24) is 10.2 Å². The second-order valence-electron chi connectivity index (χ2n) is 6.54. The average molecular weight is 396 g/mol. The van der Waals surface area contributed by atoms with Crippen LogP contribution in [0.25, 0.3) is 0 Å². The van der Waals surface area contributed by atoms with Crippen LogP contribution in [0.2, 0.25) is 0 Å². The lowest BCUT2D eigenvalue weighted by molar-refractivity contribution is 0.414. The van der Waals surface area contributed by atoms with E-state index in [-0.39, 0.29) is 10.7 Å². The normalized spacial score (nSPS) is 13.3. The van der Waals surface area contributed by atoms with E-state index in [4.69, 9.17) is 4.74 Å². The fourth-order valence-electron chi connectivity index (χ4n) is 3.34. The minimum absolute atomic E-state index is 0.173. The number of hydrogen-bond donors (Lipinski definition) is 1. The molecular weight excluding hydrogens is 376 g/mol. The molecule has 144 valence electrons. The number of anilines is 3. The van der Waals surface area contributed by atoms with Crippen molar-refractivity contribution in [3.05, 3.63) is 65.7 Å². The Labute approximate surface area is 164 Å². The monoisotopic (exact) mass is 396 g/mol. The SMILES string of the molecule is COc1ccc(S(=O)(=O)Nc2ccc(N3CCc4ccccc43)nn2)c(C)c1. The molecule has 3 aromatic rings. The topological polar surface area (TPSA) is 84.4 Å². The summed E-state index contributed by atoms with van der Waals surface area (Å²) in [5.74, 6) is 1.46. The van der Waals surface area contributed by atoms with Gasteiger partial charge in [-0.2, -0.15) is 0 Å². The zero-order valence-electron chi connectivity index (χ0n) is 15.6. The molecule has 7 nitrogen and oxygen atoms in total. The van der Waals surface area contributed by atoms with Gasteiger partial charge in [0.25, 0.3) is 10.0 Å². The van der Waals surface area contributed by atoms with Crippen molar-refractivity contribution < 1.29 is 13.2 Å². The number of nitrogens with one attached hydrogen (secondary N) is 1. The quantitative estimate of drug-likeness (QED) is 0.712. The summed E-state index contributed by atoms with van der Waals surface area (Å²) in [5, 5.41) is 8.28. The van der Waals surface area contributed by atoms with E-state index in [0.717, 1.165) is 18.7 Å². The van der Waals surface area contributed by atoms with Crippen LogP contribution in [0.1, 0.15) is 11.1 Å². The summed E-state index contributed by atoms with van der Waals surface area (Å²) in [7, 11) is -2.23. The first kappa shape index (κ1) is 18.2. The van der Waals surface area contributed by atoms with Crippen molar-refractivity contribution in [3.63, 3.8) is 0 Å². The van der Waals surface area contributed by atoms with Crippen LogP contribution in [0, 0.1) is 6.92 Å². The molecule has 2 aromatic carbocycles. The number of hydrogen-bond acceptors (Lipinski definition) is 6. The molecule has 1 aliphatic rings. The number of nitrogens with zero attached hydrogens (tertiary/aromatic N) is 3. The largest absolute Gasteiger partial charge is 0.497 e. The molecule has 1 N–H and O–H groups in total. The highest BCUT2D eigenvalue weighted by Crippen LogP contribution is 2.33. The van der Waals surface area contributed by atoms with E-state index in [1.54, 1.807) is 31.2 Å². The Bertz CT molecular complexity index is 1110. The van der Waals surface area contributed by atoms with Crippen molar-refractivity contribution >= 4 is 27.3 Å². The predicted octanol–water partition coefficient (Wildman–Crippen LogP) is 3.29. The van der Waals surface area contributed by atoms with Crippen LogP contribution < -0.4 is 14.4 Å². The highest BCUT2D eigenvalue weighted by atomic mass is 32.2. The summed E-state index contributed by atoms with van der Waals surface area (Å²) < 4.78 is 33.0. The lowest BCUT2D eigenvalue weighted by atomic mass is 10.2. The number of aromatic nitrogens is 2. The first-order chi connectivity index (χ1) is 13.5. The first-order valence-corrected chi connectivity index (χ1v) is 10.3. The third-order valence-corrected chi connectivity index (χ3v) is 6.24. The summed E-state index contributed by atoms with van der Waals surface area (Å²) in [6.07, 6.45) is 0.947. The molecule has 28 heavy (non-hydrogen) atoms. The smallest absolute Gasteiger partial charge is 0.263 e. The van der Waals surface area contributed by atoms with E-state index in [0.29, 0.717) is 17.1 Å². The molecule has 1 aliphatic heterocycles. The average Bonchev–Trinajstić information content (AvgIpc) is 3.12. The van der Waals surface area contributed by atoms with Gasteiger partial charge in [0.15, 0.2) is 11.6 Å². The zero-order valence-corrected chi connectivity index (χ0v) is 16.4. The second kappa shape index (κ2) is 7.12. The van der Waals surface area contributed by atoms with Crippen LogP contribution in [-0.2, 0) is 16.4 Å². The van der Waals surface area contributed by atoms with Crippen molar-refractivity contribution in [2.45, 2.75) is 18.2 Å². The van der Waals surface area contributed by atoms with E-state index >= 15 is 0 Å². The summed E-state index contributed by atoms with van der Waals surface area (Å²) in [5.41, 5.74) is 2.97. The van der Waals surface area contributed by atoms with Gasteiger partial charge in [0.2, 0.25) is 0 Å². The molecule has 0 atom stereocenters. The van der Waals surface area contributed by atoms with Gasteiger partial charge in [0, 0.05) is 12.2 Å². The van der Waals surface area contributed by atoms with Crippen LogP contribution >= 0.6 is 0 Å². The highest BCUT2D eigenvalue weighted by Gasteiger charge is 2.22. The van der Waals surface area contributed by atoms with Crippen LogP contribution in [-0.4, -0.2) is 32.3 Å². The molecule has 4 rings (SSSR count). The van der Waals surface area contributed by atoms with Gasteiger partial charge in [-0.3, -0.25) is 4.72 Å². The number of fused-ring (bicyclic) bond motifs is 1. The van der Waals surface area contributed by atoms with Crippen molar-refractivity contribution in [2.75, 3.05) is 23.3 Å². The molecule has 0 bridgehead atoms. The van der Waals surface area contributed by atoms with Crippen molar-refractivity contribution in [3.8, 4) is 5.75 Å². The van der Waals surface area contributed by atoms with Crippen LogP contribution in [0.5, 0.6) is 5.75 Å². The maximum absolute atomic E-state index is 12.7. The summed E-state index contributed by atoms with van der Waals surface area (Å²) in [6.45, 7) is 2.54. The fraction of sp³-hybridized carbons (Fsp3) is 0.200. The molecule has 8 heteroatoms. The third kappa shape index (κ3) is 3.38. The van der Waals surface area contributed by atoms with Gasteiger partial charge in [0.05, 0.1) is 12.0 Å². The highest BCUT2D eigenvalue weighted by molar-refractivity contribution is 7.92. The molecule has 2 heterocycles. The molecule has 1 aromatic heterocycles. The Balaban J connectivity index is 1.55. The third-order valence-electron chi connectivity index (χ3n) is 4.72. The number of sulfonamides is 1. The van der Waals surface area contributed by atoms with Crippen LogP contribution in [0.15, 0.2) is 59.5 Å². The van der Waals surface area contributed by atoms with Crippen molar-refractivity contribution in [1.29, 1.82) is 0 Å². The number of ether oxygens (including phenoxy) is 1. The second-order valence-corrected chi connectivity index (χ2v) is 8.19. The van der Waals surface area contributed by atoms with Gasteiger partial charge in [-0.1, -0.05) is 18.2 Å². The number of para-hydroxylation sites is 1. The Morgan fingerprint density at radius 3 is 2.61 bits per heavy atom. The van der Waals surface area contributed by atoms with Gasteiger partial charge in [-0.15, -0.1) is 10.2 Å². The lowest BCUT2D eigenvalue weighted by Gasteiger charge is -2.18. The van der Waals surface area contributed by atoms with Crippen molar-refractivity contribution in [2.24, 2.45) is 0 Å². The fourth-order valence-corrected chi connectivity index (χ4v) is 4.57. The molecular formula is C20H20N4O3S. The number of aryl methyl sites for hydroxylation is 1. The molecule has 0 unspecified atom stereocenters. The maximum Gasteiger partial charge on any atom is 0.263 e. The minimum Gasteiger partial charge on any atom is -0.497 e. The molecule has 0 amide bonds. The molecule has 0 radical (unpaired) electrons. The molecule has 0 saturated heterocycles. The number of benzene rings is 2. The molecule has 0 spiro atoms. The Kier molecular flexibility index (Phi) is 4.64. The van der Waals surface area contributed by atoms with Gasteiger partial charge in [0.1, 0.15) is 5.75 Å². The predicted molar refractivity (Wildman–Crippen MR) is 108 cm³/mol. The number of methoxy groups -OCH3 is 1. The minimum atomic E-state index is -3.77. The van der Waals surface area contributed by atoms with E-state index in [9.17, 15) is 8.42 Å². The van der Waals surface area contributed by atoms with Gasteiger partial charge in [-0.25, -0.2) is 8.42 Å². The summed E-state index contributed by atoms with van der Waals surface area (Å²) in [4.78, 5) is 2.25. The Morgan fingerprint density at radius 2 is 1.89 bits per heavy atom. The Morgan fingerprint density at radius 1 is 1.07 bits per heavy atom. The van der Waals surface area contributed by atoms with E-state index < -0.39 is 10.0 Å². The van der Waals surface area contributed by atoms with Gasteiger partial charge >= 0.3 is 0 Å². The zero-order chi connectivity index (χ0) is 19.7. The Hall–Kier alpha value is -3.13. The van der Waals surface area contributed by atoms with Gasteiger partial charge in [-0.05, 0) is 60.9 Å². The van der Waals surface area contributed by atoms with E-state index in [1.165, 1.54) is 18.7 Å².